The molecule has 2 aromatic rings. The smallest absolute Gasteiger partial charge is 0.146 e. The predicted octanol–water partition coefficient (Wildman–Crippen LogP) is 2.04. The number of rotatable bonds is 5. The molecule has 2 heterocycles. The van der Waals surface area contributed by atoms with Crippen molar-refractivity contribution in [3.05, 3.63) is 48.1 Å². The number of pyridine rings is 1. The van der Waals surface area contributed by atoms with Gasteiger partial charge in [0.05, 0.1) is 12.2 Å². The highest BCUT2D eigenvalue weighted by Crippen LogP contribution is 2.22. The molecule has 0 saturated carbocycles. The van der Waals surface area contributed by atoms with Gasteiger partial charge in [0.15, 0.2) is 0 Å². The van der Waals surface area contributed by atoms with Crippen LogP contribution in [0, 0.1) is 5.82 Å². The normalized spacial score (nSPS) is 12.6. The van der Waals surface area contributed by atoms with Gasteiger partial charge in [-0.1, -0.05) is 6.92 Å². The van der Waals surface area contributed by atoms with Crippen molar-refractivity contribution in [2.45, 2.75) is 19.4 Å². The number of nitrogens with one attached hydrogen (secondary N) is 1. The maximum atomic E-state index is 13.9. The Kier molecular flexibility index (Phi) is 4.04. The average molecular weight is 248 g/mol. The van der Waals surface area contributed by atoms with Gasteiger partial charge >= 0.3 is 0 Å². The number of nitrogens with zero attached hydrogens (tertiary/aromatic N) is 3. The summed E-state index contributed by atoms with van der Waals surface area (Å²) in [5.41, 5.74) is 0.577. The summed E-state index contributed by atoms with van der Waals surface area (Å²) in [6.07, 6.45) is 7.39. The summed E-state index contributed by atoms with van der Waals surface area (Å²) in [5, 5.41) is 3.32. The molecule has 0 aliphatic rings. The second-order valence-electron chi connectivity index (χ2n) is 4.18. The Balaban J connectivity index is 2.37. The molecule has 0 bridgehead atoms. The highest BCUT2D eigenvalue weighted by molar-refractivity contribution is 5.24. The lowest BCUT2D eigenvalue weighted by atomic mass is 10.1. The summed E-state index contributed by atoms with van der Waals surface area (Å²) < 4.78 is 15.7. The van der Waals surface area contributed by atoms with Gasteiger partial charge in [-0.05, 0) is 19.0 Å². The van der Waals surface area contributed by atoms with Crippen LogP contribution in [0.4, 0.5) is 4.39 Å². The SMILES string of the molecule is CCCNC(c1ccncc1F)c1nccn1C. The number of imidazole rings is 1. The lowest BCUT2D eigenvalue weighted by Crippen LogP contribution is -2.26. The molecule has 1 unspecified atom stereocenters. The van der Waals surface area contributed by atoms with E-state index in [0.29, 0.717) is 5.56 Å². The molecule has 0 saturated heterocycles. The van der Waals surface area contributed by atoms with E-state index in [-0.39, 0.29) is 11.9 Å². The molecular weight excluding hydrogens is 231 g/mol. The Hall–Kier alpha value is -1.75. The van der Waals surface area contributed by atoms with Gasteiger partial charge in [0.1, 0.15) is 11.6 Å². The summed E-state index contributed by atoms with van der Waals surface area (Å²) in [6, 6.07) is 1.45. The Bertz CT molecular complexity index is 509. The fourth-order valence-electron chi connectivity index (χ4n) is 1.90. The van der Waals surface area contributed by atoms with Crippen LogP contribution in [0.5, 0.6) is 0 Å². The first-order valence-electron chi connectivity index (χ1n) is 6.04. The Morgan fingerprint density at radius 3 is 2.89 bits per heavy atom. The van der Waals surface area contributed by atoms with Crippen molar-refractivity contribution in [1.29, 1.82) is 0 Å². The largest absolute Gasteiger partial charge is 0.336 e. The highest BCUT2D eigenvalue weighted by Gasteiger charge is 2.20. The third-order valence-electron chi connectivity index (χ3n) is 2.83. The molecule has 0 spiro atoms. The van der Waals surface area contributed by atoms with Crippen molar-refractivity contribution in [3.63, 3.8) is 0 Å². The van der Waals surface area contributed by atoms with E-state index in [4.69, 9.17) is 0 Å². The number of halogens is 1. The van der Waals surface area contributed by atoms with Gasteiger partial charge in [0, 0.05) is 31.2 Å². The highest BCUT2D eigenvalue weighted by atomic mass is 19.1. The van der Waals surface area contributed by atoms with Crippen molar-refractivity contribution >= 4 is 0 Å². The fraction of sp³-hybridized carbons (Fsp3) is 0.385. The van der Waals surface area contributed by atoms with Crippen molar-refractivity contribution < 1.29 is 4.39 Å². The van der Waals surface area contributed by atoms with Gasteiger partial charge in [0.2, 0.25) is 0 Å². The molecule has 1 atom stereocenters. The molecular formula is C13H17FN4. The van der Waals surface area contributed by atoms with Crippen LogP contribution < -0.4 is 5.32 Å². The maximum absolute atomic E-state index is 13.9. The van der Waals surface area contributed by atoms with Crippen LogP contribution in [0.3, 0.4) is 0 Å². The minimum atomic E-state index is -0.311. The van der Waals surface area contributed by atoms with Gasteiger partial charge in [-0.15, -0.1) is 0 Å². The molecule has 2 rings (SSSR count). The molecule has 0 aliphatic carbocycles. The first-order valence-corrected chi connectivity index (χ1v) is 6.04. The van der Waals surface area contributed by atoms with Crippen molar-refractivity contribution in [1.82, 2.24) is 19.9 Å². The second kappa shape index (κ2) is 5.73. The van der Waals surface area contributed by atoms with Crippen LogP contribution in [0.2, 0.25) is 0 Å². The number of aryl methyl sites for hydroxylation is 1. The first-order chi connectivity index (χ1) is 8.74. The summed E-state index contributed by atoms with van der Waals surface area (Å²) >= 11 is 0. The molecule has 0 amide bonds. The molecule has 18 heavy (non-hydrogen) atoms. The number of hydrogen-bond acceptors (Lipinski definition) is 3. The standard InChI is InChI=1S/C13H17FN4/c1-3-5-16-12(13-17-7-8-18(13)2)10-4-6-15-9-11(10)14/h4,6-9,12,16H,3,5H2,1-2H3. The van der Waals surface area contributed by atoms with E-state index in [9.17, 15) is 4.39 Å². The van der Waals surface area contributed by atoms with E-state index in [1.54, 1.807) is 18.5 Å². The molecule has 96 valence electrons. The second-order valence-corrected chi connectivity index (χ2v) is 4.18. The average Bonchev–Trinajstić information content (AvgIpc) is 2.78. The minimum absolute atomic E-state index is 0.243. The summed E-state index contributed by atoms with van der Waals surface area (Å²) in [5.74, 6) is 0.489. The number of aromatic nitrogens is 3. The molecule has 0 aliphatic heterocycles. The van der Waals surface area contributed by atoms with Gasteiger partial charge in [0.25, 0.3) is 0 Å². The summed E-state index contributed by atoms with van der Waals surface area (Å²) in [7, 11) is 1.90. The zero-order valence-corrected chi connectivity index (χ0v) is 10.6. The third kappa shape index (κ3) is 2.56. The minimum Gasteiger partial charge on any atom is -0.336 e. The van der Waals surface area contributed by atoms with Gasteiger partial charge in [-0.2, -0.15) is 0 Å². The third-order valence-corrected chi connectivity index (χ3v) is 2.83. The van der Waals surface area contributed by atoms with Crippen LogP contribution in [-0.2, 0) is 7.05 Å². The van der Waals surface area contributed by atoms with Gasteiger partial charge in [-0.25, -0.2) is 9.37 Å². The molecule has 0 radical (unpaired) electrons. The van der Waals surface area contributed by atoms with E-state index >= 15 is 0 Å². The van der Waals surface area contributed by atoms with Crippen LogP contribution in [0.15, 0.2) is 30.9 Å². The number of hydrogen-bond donors (Lipinski definition) is 1. The maximum Gasteiger partial charge on any atom is 0.146 e. The summed E-state index contributed by atoms with van der Waals surface area (Å²) in [4.78, 5) is 8.08. The van der Waals surface area contributed by atoms with Crippen molar-refractivity contribution in [2.75, 3.05) is 6.54 Å². The van der Waals surface area contributed by atoms with Crippen LogP contribution in [-0.4, -0.2) is 21.1 Å². The van der Waals surface area contributed by atoms with E-state index < -0.39 is 0 Å². The zero-order valence-electron chi connectivity index (χ0n) is 10.6. The Labute approximate surface area is 106 Å². The Morgan fingerprint density at radius 1 is 1.44 bits per heavy atom. The molecule has 0 fully saturated rings. The lowest BCUT2D eigenvalue weighted by Gasteiger charge is -2.19. The molecule has 5 heteroatoms. The topological polar surface area (TPSA) is 42.7 Å². The van der Waals surface area contributed by atoms with Gasteiger partial charge in [-0.3, -0.25) is 4.98 Å². The fourth-order valence-corrected chi connectivity index (χ4v) is 1.90. The molecule has 2 aromatic heterocycles. The molecule has 4 nitrogen and oxygen atoms in total. The first kappa shape index (κ1) is 12.7. The van der Waals surface area contributed by atoms with E-state index in [1.807, 2.05) is 17.8 Å². The van der Waals surface area contributed by atoms with Crippen LogP contribution >= 0.6 is 0 Å². The quantitative estimate of drug-likeness (QED) is 0.880. The van der Waals surface area contributed by atoms with Gasteiger partial charge < -0.3 is 9.88 Å². The Morgan fingerprint density at radius 2 is 2.28 bits per heavy atom. The summed E-state index contributed by atoms with van der Waals surface area (Å²) in [6.45, 7) is 2.88. The van der Waals surface area contributed by atoms with E-state index in [1.165, 1.54) is 6.20 Å². The monoisotopic (exact) mass is 248 g/mol. The lowest BCUT2D eigenvalue weighted by molar-refractivity contribution is 0.517. The molecule has 0 aromatic carbocycles. The molecule has 1 N–H and O–H groups in total. The predicted molar refractivity (Wildman–Crippen MR) is 67.5 cm³/mol. The van der Waals surface area contributed by atoms with Crippen molar-refractivity contribution in [2.24, 2.45) is 7.05 Å². The van der Waals surface area contributed by atoms with Crippen LogP contribution in [0.1, 0.15) is 30.8 Å². The van der Waals surface area contributed by atoms with Crippen molar-refractivity contribution in [3.8, 4) is 0 Å². The van der Waals surface area contributed by atoms with E-state index in [0.717, 1.165) is 18.8 Å². The van der Waals surface area contributed by atoms with Crippen LogP contribution in [0.25, 0.3) is 0 Å². The van der Waals surface area contributed by atoms with E-state index in [2.05, 4.69) is 22.2 Å². The zero-order chi connectivity index (χ0) is 13.0.